The molecule has 3 nitrogen and oxygen atoms in total. The van der Waals surface area contributed by atoms with Crippen LogP contribution < -0.4 is 0 Å². The van der Waals surface area contributed by atoms with E-state index in [9.17, 15) is 4.79 Å². The first kappa shape index (κ1) is 20.2. The summed E-state index contributed by atoms with van der Waals surface area (Å²) in [5.74, 6) is 4.60. The Balaban J connectivity index is 0.000000447. The van der Waals surface area contributed by atoms with Crippen LogP contribution in [0.4, 0.5) is 4.79 Å². The molecule has 4 fully saturated rings. The topological polar surface area (TPSA) is 54.4 Å². The molecule has 7 unspecified atom stereocenters. The lowest BCUT2D eigenvalue weighted by Gasteiger charge is -2.60. The lowest BCUT2D eigenvalue weighted by molar-refractivity contribution is -0.133. The van der Waals surface area contributed by atoms with Gasteiger partial charge in [0.1, 0.15) is 5.78 Å². The Bertz CT molecular complexity index is 558. The molecular weight excluding hydrogens is 348 g/mol. The molecule has 0 aliphatic heterocycles. The second-order valence-corrected chi connectivity index (χ2v) is 10.3. The van der Waals surface area contributed by atoms with Crippen LogP contribution >= 0.6 is 11.6 Å². The third-order valence-corrected chi connectivity index (χ3v) is 9.07. The van der Waals surface area contributed by atoms with E-state index in [1.54, 1.807) is 0 Å². The van der Waals surface area contributed by atoms with Gasteiger partial charge in [0, 0.05) is 17.5 Å². The van der Waals surface area contributed by atoms with Gasteiger partial charge in [-0.2, -0.15) is 0 Å². The van der Waals surface area contributed by atoms with Gasteiger partial charge in [-0.3, -0.25) is 4.79 Å². The van der Waals surface area contributed by atoms with Crippen molar-refractivity contribution >= 4 is 22.8 Å². The number of carboxylic acid groups (broad SMARTS) is 1. The molecular formula is C22H35ClO3. The van der Waals surface area contributed by atoms with Crippen molar-refractivity contribution in [1.82, 2.24) is 0 Å². The molecule has 4 saturated carbocycles. The van der Waals surface area contributed by atoms with E-state index in [4.69, 9.17) is 9.90 Å². The molecule has 26 heavy (non-hydrogen) atoms. The molecule has 7 atom stereocenters. The molecule has 4 aliphatic carbocycles. The van der Waals surface area contributed by atoms with Gasteiger partial charge in [-0.1, -0.05) is 26.7 Å². The molecule has 0 spiro atoms. The van der Waals surface area contributed by atoms with Gasteiger partial charge in [0.2, 0.25) is 0 Å². The number of Topliss-reactive ketones (excluding diaryl/α,β-unsaturated/α-hetero) is 1. The largest absolute Gasteiger partial charge is 0.469 e. The normalized spacial score (nSPS) is 46.8. The van der Waals surface area contributed by atoms with Crippen molar-refractivity contribution in [3.63, 3.8) is 0 Å². The van der Waals surface area contributed by atoms with Gasteiger partial charge < -0.3 is 5.11 Å². The van der Waals surface area contributed by atoms with E-state index in [1.807, 2.05) is 6.92 Å². The SMILES string of the molecule is CC(=O)C1CCC2C3CCC4CCCCC4(C)C3CCC12C.O=C(O)Cl. The third-order valence-electron chi connectivity index (χ3n) is 9.07. The summed E-state index contributed by atoms with van der Waals surface area (Å²) >= 11 is 4.19. The highest BCUT2D eigenvalue weighted by Crippen LogP contribution is 2.67. The zero-order valence-electron chi connectivity index (χ0n) is 16.6. The second-order valence-electron chi connectivity index (χ2n) is 9.94. The molecule has 0 amide bonds. The van der Waals surface area contributed by atoms with Crippen LogP contribution in [-0.2, 0) is 4.79 Å². The fourth-order valence-corrected chi connectivity index (χ4v) is 7.96. The van der Waals surface area contributed by atoms with E-state index in [0.29, 0.717) is 22.5 Å². The smallest absolute Gasteiger partial charge is 0.401 e. The minimum absolute atomic E-state index is 0.338. The number of carbonyl (C=O) groups is 2. The van der Waals surface area contributed by atoms with Crippen LogP contribution in [0.15, 0.2) is 0 Å². The van der Waals surface area contributed by atoms with Crippen LogP contribution in [0.5, 0.6) is 0 Å². The van der Waals surface area contributed by atoms with Crippen molar-refractivity contribution in [3.05, 3.63) is 0 Å². The van der Waals surface area contributed by atoms with Crippen molar-refractivity contribution in [2.75, 3.05) is 0 Å². The number of hydrogen-bond acceptors (Lipinski definition) is 2. The molecule has 1 N–H and O–H groups in total. The first-order chi connectivity index (χ1) is 12.2. The summed E-state index contributed by atoms with van der Waals surface area (Å²) < 4.78 is 0. The lowest BCUT2D eigenvalue weighted by Crippen LogP contribution is -2.53. The van der Waals surface area contributed by atoms with Crippen LogP contribution in [0, 0.1) is 40.4 Å². The second kappa shape index (κ2) is 7.45. The van der Waals surface area contributed by atoms with E-state index in [0.717, 1.165) is 23.7 Å². The van der Waals surface area contributed by atoms with E-state index >= 15 is 0 Å². The number of halogens is 1. The number of hydrogen-bond donors (Lipinski definition) is 1. The highest BCUT2D eigenvalue weighted by atomic mass is 35.5. The molecule has 4 rings (SSSR count). The van der Waals surface area contributed by atoms with Crippen LogP contribution in [0.3, 0.4) is 0 Å². The summed E-state index contributed by atoms with van der Waals surface area (Å²) in [6.45, 7) is 6.97. The zero-order valence-corrected chi connectivity index (χ0v) is 17.4. The highest BCUT2D eigenvalue weighted by Gasteiger charge is 2.60. The molecule has 0 radical (unpaired) electrons. The summed E-state index contributed by atoms with van der Waals surface area (Å²) in [6.07, 6.45) is 14.1. The third kappa shape index (κ3) is 3.34. The van der Waals surface area contributed by atoms with Crippen molar-refractivity contribution in [2.24, 2.45) is 40.4 Å². The van der Waals surface area contributed by atoms with E-state index in [1.165, 1.54) is 64.2 Å². The number of carbonyl (C=O) groups excluding carboxylic acids is 1. The molecule has 4 heteroatoms. The first-order valence-corrected chi connectivity index (χ1v) is 11.0. The van der Waals surface area contributed by atoms with Crippen molar-refractivity contribution in [1.29, 1.82) is 0 Å². The summed E-state index contributed by atoms with van der Waals surface area (Å²) in [6, 6.07) is 0. The Morgan fingerprint density at radius 2 is 1.54 bits per heavy atom. The van der Waals surface area contributed by atoms with Crippen molar-refractivity contribution < 1.29 is 14.7 Å². The fourth-order valence-electron chi connectivity index (χ4n) is 7.96. The van der Waals surface area contributed by atoms with Gasteiger partial charge in [0.15, 0.2) is 0 Å². The lowest BCUT2D eigenvalue weighted by atomic mass is 9.45. The van der Waals surface area contributed by atoms with Gasteiger partial charge in [-0.15, -0.1) is 0 Å². The maximum Gasteiger partial charge on any atom is 0.401 e. The fraction of sp³-hybridized carbons (Fsp3) is 0.909. The van der Waals surface area contributed by atoms with Crippen molar-refractivity contribution in [2.45, 2.75) is 85.0 Å². The number of rotatable bonds is 1. The molecule has 0 bridgehead atoms. The van der Waals surface area contributed by atoms with Gasteiger partial charge in [-0.05, 0) is 92.8 Å². The molecule has 0 aromatic rings. The summed E-state index contributed by atoms with van der Waals surface area (Å²) in [4.78, 5) is 20.9. The van der Waals surface area contributed by atoms with E-state index in [2.05, 4.69) is 25.4 Å². The Kier molecular flexibility index (Phi) is 5.78. The standard InChI is InChI=1S/C21H34O.CHClO2/c1-14(22)17-9-10-18-16-8-7-15-6-4-5-12-20(15,2)19(16)11-13-21(17,18)3;2-1(3)4/h15-19H,4-13H2,1-3H3;(H,3,4). The minimum Gasteiger partial charge on any atom is -0.469 e. The summed E-state index contributed by atoms with van der Waals surface area (Å²) in [5.41, 5.74) is -0.387. The molecule has 148 valence electrons. The Morgan fingerprint density at radius 1 is 0.885 bits per heavy atom. The summed E-state index contributed by atoms with van der Waals surface area (Å²) in [7, 11) is 0. The van der Waals surface area contributed by atoms with Gasteiger partial charge in [0.05, 0.1) is 0 Å². The molecule has 0 aromatic heterocycles. The van der Waals surface area contributed by atoms with Crippen LogP contribution in [0.25, 0.3) is 0 Å². The van der Waals surface area contributed by atoms with Gasteiger partial charge >= 0.3 is 5.43 Å². The van der Waals surface area contributed by atoms with Gasteiger partial charge in [0.25, 0.3) is 0 Å². The summed E-state index contributed by atoms with van der Waals surface area (Å²) in [5, 5.41) is 7.18. The first-order valence-electron chi connectivity index (χ1n) is 10.6. The Hall–Kier alpha value is -0.570. The maximum absolute atomic E-state index is 12.2. The molecule has 4 aliphatic rings. The predicted octanol–water partition coefficient (Wildman–Crippen LogP) is 6.53. The number of ketones is 1. The highest BCUT2D eigenvalue weighted by molar-refractivity contribution is 6.60. The van der Waals surface area contributed by atoms with Crippen LogP contribution in [0.1, 0.15) is 85.0 Å². The van der Waals surface area contributed by atoms with Crippen molar-refractivity contribution in [3.8, 4) is 0 Å². The van der Waals surface area contributed by atoms with E-state index < -0.39 is 5.43 Å². The monoisotopic (exact) mass is 382 g/mol. The van der Waals surface area contributed by atoms with Crippen LogP contribution in [0.2, 0.25) is 0 Å². The quantitative estimate of drug-likeness (QED) is 0.524. The van der Waals surface area contributed by atoms with Gasteiger partial charge in [-0.25, -0.2) is 4.79 Å². The molecule has 0 aromatic carbocycles. The Morgan fingerprint density at radius 3 is 2.19 bits per heavy atom. The maximum atomic E-state index is 12.2. The average Bonchev–Trinajstić information content (AvgIpc) is 2.91. The van der Waals surface area contributed by atoms with E-state index in [-0.39, 0.29) is 0 Å². The Labute approximate surface area is 163 Å². The number of fused-ring (bicyclic) bond motifs is 5. The molecule has 0 saturated heterocycles. The molecule has 0 heterocycles. The predicted molar refractivity (Wildman–Crippen MR) is 104 cm³/mol. The minimum atomic E-state index is -1.36. The average molecular weight is 383 g/mol. The zero-order chi connectivity index (χ0) is 19.1. The van der Waals surface area contributed by atoms with Crippen LogP contribution in [-0.4, -0.2) is 16.3 Å².